The van der Waals surface area contributed by atoms with Crippen molar-refractivity contribution in [2.75, 3.05) is 16.4 Å². The lowest BCUT2D eigenvalue weighted by Crippen LogP contribution is -2.18. The zero-order valence-electron chi connectivity index (χ0n) is 17.8. The number of anilines is 2. The van der Waals surface area contributed by atoms with Crippen molar-refractivity contribution in [1.82, 2.24) is 4.98 Å². The van der Waals surface area contributed by atoms with Gasteiger partial charge in [0.15, 0.2) is 5.13 Å². The number of carbonyl (C=O) groups excluding carboxylic acids is 2. The molecule has 0 spiro atoms. The molecule has 1 heterocycles. The van der Waals surface area contributed by atoms with E-state index in [0.717, 1.165) is 15.1 Å². The molecule has 1 aromatic heterocycles. The first-order valence-corrected chi connectivity index (χ1v) is 13.3. The number of rotatable bonds is 7. The maximum atomic E-state index is 12.8. The van der Waals surface area contributed by atoms with Crippen LogP contribution in [0.15, 0.2) is 53.4 Å². The molecule has 7 nitrogen and oxygen atoms in total. The van der Waals surface area contributed by atoms with Gasteiger partial charge in [-0.15, -0.1) is 11.8 Å². The summed E-state index contributed by atoms with van der Waals surface area (Å²) >= 11 is 26.7. The van der Waals surface area contributed by atoms with E-state index < -0.39 is 23.0 Å². The molecular formula is C23H13Cl4N3O4S2. The summed E-state index contributed by atoms with van der Waals surface area (Å²) in [6.45, 7) is 0. The van der Waals surface area contributed by atoms with E-state index in [1.54, 1.807) is 24.3 Å². The van der Waals surface area contributed by atoms with Crippen LogP contribution in [0.3, 0.4) is 0 Å². The van der Waals surface area contributed by atoms with Gasteiger partial charge in [-0.05, 0) is 36.4 Å². The minimum absolute atomic E-state index is 0.154. The van der Waals surface area contributed by atoms with Crippen molar-refractivity contribution in [1.29, 1.82) is 0 Å². The number of aromatic nitrogens is 1. The number of nitrogens with one attached hydrogen (secondary N) is 2. The van der Waals surface area contributed by atoms with E-state index in [1.165, 1.54) is 23.1 Å². The standard InChI is InChI=1S/C23H13Cl4N3O4S2/c24-17-15(16(22(33)34)18(25)20(27)19(17)26)21(32)28-10-5-7-11(8-6-10)35-9-14(31)30-23-29-12-3-1-2-4-13(12)36-23/h1-8H,9H2,(H,28,32)(H,33,34)(H,29,30,31). The Morgan fingerprint density at radius 3 is 2.14 bits per heavy atom. The number of thiazole rings is 1. The molecule has 2 amide bonds. The summed E-state index contributed by atoms with van der Waals surface area (Å²) in [5.74, 6) is -2.36. The summed E-state index contributed by atoms with van der Waals surface area (Å²) in [7, 11) is 0. The molecule has 0 radical (unpaired) electrons. The van der Waals surface area contributed by atoms with Crippen LogP contribution in [0.5, 0.6) is 0 Å². The van der Waals surface area contributed by atoms with E-state index in [1.807, 2.05) is 24.3 Å². The van der Waals surface area contributed by atoms with Gasteiger partial charge in [-0.25, -0.2) is 9.78 Å². The third-order valence-electron chi connectivity index (χ3n) is 4.73. The predicted molar refractivity (Wildman–Crippen MR) is 147 cm³/mol. The van der Waals surface area contributed by atoms with Crippen molar-refractivity contribution in [3.8, 4) is 0 Å². The number of amides is 2. The fraction of sp³-hybridized carbons (Fsp3) is 0.0435. The van der Waals surface area contributed by atoms with Crippen LogP contribution in [-0.2, 0) is 4.79 Å². The molecule has 0 saturated carbocycles. The Kier molecular flexibility index (Phi) is 8.29. The summed E-state index contributed by atoms with van der Waals surface area (Å²) in [6, 6.07) is 14.2. The number of hydrogen-bond donors (Lipinski definition) is 3. The summed E-state index contributed by atoms with van der Waals surface area (Å²) in [5.41, 5.74) is 0.217. The van der Waals surface area contributed by atoms with Crippen molar-refractivity contribution >= 4 is 108 Å². The molecule has 0 saturated heterocycles. The molecule has 0 aliphatic heterocycles. The number of nitrogens with zero attached hydrogens (tertiary/aromatic N) is 1. The number of carbonyl (C=O) groups is 3. The summed E-state index contributed by atoms with van der Waals surface area (Å²) in [5, 5.41) is 14.2. The Balaban J connectivity index is 1.40. The van der Waals surface area contributed by atoms with Gasteiger partial charge >= 0.3 is 5.97 Å². The topological polar surface area (TPSA) is 108 Å². The number of fused-ring (bicyclic) bond motifs is 1. The Labute approximate surface area is 232 Å². The fourth-order valence-corrected chi connectivity index (χ4v) is 5.70. The molecule has 0 atom stereocenters. The lowest BCUT2D eigenvalue weighted by Gasteiger charge is -2.14. The molecule has 3 aromatic carbocycles. The number of aromatic carboxylic acids is 1. The van der Waals surface area contributed by atoms with Crippen LogP contribution in [0.4, 0.5) is 10.8 Å². The van der Waals surface area contributed by atoms with Gasteiger partial charge in [-0.1, -0.05) is 69.9 Å². The van der Waals surface area contributed by atoms with E-state index >= 15 is 0 Å². The lowest BCUT2D eigenvalue weighted by atomic mass is 10.1. The fourth-order valence-electron chi connectivity index (χ4n) is 3.10. The largest absolute Gasteiger partial charge is 0.478 e. The highest BCUT2D eigenvalue weighted by molar-refractivity contribution is 8.00. The van der Waals surface area contributed by atoms with E-state index in [-0.39, 0.29) is 31.8 Å². The number of thioether (sulfide) groups is 1. The molecule has 13 heteroatoms. The monoisotopic (exact) mass is 599 g/mol. The van der Waals surface area contributed by atoms with Gasteiger partial charge < -0.3 is 15.7 Å². The molecular weight excluding hydrogens is 588 g/mol. The zero-order chi connectivity index (χ0) is 26.0. The van der Waals surface area contributed by atoms with Gasteiger partial charge in [0, 0.05) is 10.6 Å². The van der Waals surface area contributed by atoms with Crippen molar-refractivity contribution < 1.29 is 19.5 Å². The third kappa shape index (κ3) is 5.72. The molecule has 0 bridgehead atoms. The maximum Gasteiger partial charge on any atom is 0.338 e. The number of hydrogen-bond acceptors (Lipinski definition) is 6. The van der Waals surface area contributed by atoms with Crippen LogP contribution in [-0.4, -0.2) is 33.6 Å². The van der Waals surface area contributed by atoms with Gasteiger partial charge in [0.2, 0.25) is 5.91 Å². The highest BCUT2D eigenvalue weighted by Gasteiger charge is 2.28. The molecule has 4 aromatic rings. The van der Waals surface area contributed by atoms with Gasteiger partial charge in [0.25, 0.3) is 5.91 Å². The summed E-state index contributed by atoms with van der Waals surface area (Å²) < 4.78 is 0.984. The molecule has 3 N–H and O–H groups in total. The first-order valence-electron chi connectivity index (χ1n) is 9.94. The highest BCUT2D eigenvalue weighted by atomic mass is 35.5. The Bertz CT molecular complexity index is 1480. The quantitative estimate of drug-likeness (QED) is 0.114. The number of para-hydroxylation sites is 1. The van der Waals surface area contributed by atoms with Gasteiger partial charge in [0.1, 0.15) is 0 Å². The molecule has 0 aliphatic rings. The predicted octanol–water partition coefficient (Wildman–Crippen LogP) is 7.59. The van der Waals surface area contributed by atoms with Gasteiger partial charge in [-0.2, -0.15) is 0 Å². The van der Waals surface area contributed by atoms with Gasteiger partial charge in [-0.3, -0.25) is 9.59 Å². The van der Waals surface area contributed by atoms with E-state index in [2.05, 4.69) is 15.6 Å². The third-order valence-corrected chi connectivity index (χ3v) is 8.50. The SMILES string of the molecule is O=C(CSc1ccc(NC(=O)c2c(Cl)c(Cl)c(Cl)c(Cl)c2C(=O)O)cc1)Nc1nc2ccccc2s1. The van der Waals surface area contributed by atoms with Gasteiger partial charge in [0.05, 0.1) is 47.2 Å². The minimum Gasteiger partial charge on any atom is -0.478 e. The number of benzene rings is 3. The zero-order valence-corrected chi connectivity index (χ0v) is 22.4. The van der Waals surface area contributed by atoms with E-state index in [0.29, 0.717) is 10.8 Å². The first kappa shape index (κ1) is 26.5. The Morgan fingerprint density at radius 2 is 1.50 bits per heavy atom. The minimum atomic E-state index is -1.48. The van der Waals surface area contributed by atoms with Crippen LogP contribution >= 0.6 is 69.5 Å². The molecule has 36 heavy (non-hydrogen) atoms. The van der Waals surface area contributed by atoms with Crippen LogP contribution in [0.25, 0.3) is 10.2 Å². The highest BCUT2D eigenvalue weighted by Crippen LogP contribution is 2.42. The lowest BCUT2D eigenvalue weighted by molar-refractivity contribution is -0.113. The summed E-state index contributed by atoms with van der Waals surface area (Å²) in [4.78, 5) is 42.0. The van der Waals surface area contributed by atoms with Crippen molar-refractivity contribution in [3.63, 3.8) is 0 Å². The van der Waals surface area contributed by atoms with Crippen LogP contribution in [0, 0.1) is 0 Å². The number of carboxylic acid groups (broad SMARTS) is 1. The second kappa shape index (κ2) is 11.2. The first-order chi connectivity index (χ1) is 17.2. The average Bonchev–Trinajstić information content (AvgIpc) is 3.26. The van der Waals surface area contributed by atoms with Crippen molar-refractivity contribution in [2.45, 2.75) is 4.90 Å². The van der Waals surface area contributed by atoms with Crippen molar-refractivity contribution in [2.24, 2.45) is 0 Å². The van der Waals surface area contributed by atoms with E-state index in [9.17, 15) is 19.5 Å². The van der Waals surface area contributed by atoms with E-state index in [4.69, 9.17) is 46.4 Å². The average molecular weight is 601 g/mol. The second-order valence-electron chi connectivity index (χ2n) is 7.11. The molecule has 0 aliphatic carbocycles. The number of halogens is 4. The second-order valence-corrected chi connectivity index (χ2v) is 10.7. The normalized spacial score (nSPS) is 10.9. The maximum absolute atomic E-state index is 12.8. The molecule has 0 fully saturated rings. The molecule has 0 unspecified atom stereocenters. The Morgan fingerprint density at radius 1 is 0.861 bits per heavy atom. The smallest absolute Gasteiger partial charge is 0.338 e. The summed E-state index contributed by atoms with van der Waals surface area (Å²) in [6.07, 6.45) is 0. The van der Waals surface area contributed by atoms with Crippen LogP contribution in [0.1, 0.15) is 20.7 Å². The Hall–Kier alpha value is -2.53. The van der Waals surface area contributed by atoms with Crippen LogP contribution < -0.4 is 10.6 Å². The number of carboxylic acids is 1. The molecule has 4 rings (SSSR count). The van der Waals surface area contributed by atoms with Crippen molar-refractivity contribution in [3.05, 3.63) is 79.7 Å². The molecule has 184 valence electrons. The van der Waals surface area contributed by atoms with Crippen LogP contribution in [0.2, 0.25) is 20.1 Å².